The van der Waals surface area contributed by atoms with E-state index in [9.17, 15) is 4.79 Å². The minimum atomic E-state index is -0.490. The van der Waals surface area contributed by atoms with Gasteiger partial charge in [-0.1, -0.05) is 17.7 Å². The number of likely N-dealkylation sites (tertiary alicyclic amines) is 1. The lowest BCUT2D eigenvalue weighted by Gasteiger charge is -2.38. The van der Waals surface area contributed by atoms with Crippen LogP contribution >= 0.6 is 11.6 Å². The van der Waals surface area contributed by atoms with Gasteiger partial charge in [0.2, 0.25) is 5.88 Å². The molecular formula is C25H30ClN5O3. The summed E-state index contributed by atoms with van der Waals surface area (Å²) in [4.78, 5) is 26.5. The first-order chi connectivity index (χ1) is 16.1. The molecule has 1 saturated carbocycles. The van der Waals surface area contributed by atoms with Gasteiger partial charge in [0, 0.05) is 19.0 Å². The maximum Gasteiger partial charge on any atom is 0.410 e. The molecule has 2 heterocycles. The Labute approximate surface area is 205 Å². The summed E-state index contributed by atoms with van der Waals surface area (Å²) in [5.41, 5.74) is 1.43. The summed E-state index contributed by atoms with van der Waals surface area (Å²) in [6.07, 6.45) is 3.42. The molecule has 1 saturated heterocycles. The Morgan fingerprint density at radius 2 is 1.97 bits per heavy atom. The molecule has 1 aromatic carbocycles. The van der Waals surface area contributed by atoms with E-state index in [-0.39, 0.29) is 6.09 Å². The van der Waals surface area contributed by atoms with Crippen LogP contribution in [0.2, 0.25) is 5.02 Å². The zero-order chi connectivity index (χ0) is 24.5. The summed E-state index contributed by atoms with van der Waals surface area (Å²) >= 11 is 6.30. The molecule has 2 fully saturated rings. The van der Waals surface area contributed by atoms with E-state index in [1.807, 2.05) is 32.6 Å². The molecule has 2 unspecified atom stereocenters. The number of fused-ring (bicyclic) bond motifs is 2. The van der Waals surface area contributed by atoms with Crippen molar-refractivity contribution in [1.29, 1.82) is 0 Å². The van der Waals surface area contributed by atoms with Crippen LogP contribution in [0.15, 0.2) is 24.5 Å². The second-order valence-corrected chi connectivity index (χ2v) is 10.4. The van der Waals surface area contributed by atoms with Gasteiger partial charge in [0.05, 0.1) is 29.5 Å². The van der Waals surface area contributed by atoms with E-state index >= 15 is 0 Å². The molecule has 1 amide bonds. The van der Waals surface area contributed by atoms with Crippen LogP contribution in [0.25, 0.3) is 4.85 Å². The Bertz CT molecular complexity index is 1100. The quantitative estimate of drug-likeness (QED) is 0.525. The molecule has 4 rings (SSSR count). The Balaban J connectivity index is 1.39. The number of hydrogen-bond acceptors (Lipinski definition) is 6. The number of ether oxygens (including phenoxy) is 2. The van der Waals surface area contributed by atoms with Crippen molar-refractivity contribution in [3.05, 3.63) is 46.5 Å². The van der Waals surface area contributed by atoms with Crippen molar-refractivity contribution in [1.82, 2.24) is 14.9 Å². The van der Waals surface area contributed by atoms with Crippen LogP contribution in [0.5, 0.6) is 5.88 Å². The smallest absolute Gasteiger partial charge is 0.410 e. The van der Waals surface area contributed by atoms with Crippen molar-refractivity contribution in [3.63, 3.8) is 0 Å². The standard InChI is InChI=1S/C25H30ClN5O3/c1-15-22(30-21-9-8-18(27-5)10-20(21)26)28-14-29-23(15)33-13-19-16-6-7-17(19)12-31(11-16)24(32)34-25(2,3)4/h8-10,14,16-17,19H,6-7,11-13H2,1-4H3,(H,28,29,30). The Morgan fingerprint density at radius 3 is 2.59 bits per heavy atom. The number of piperidine rings is 1. The van der Waals surface area contributed by atoms with Crippen LogP contribution in [-0.4, -0.2) is 46.3 Å². The SMILES string of the molecule is [C-]#[N+]c1ccc(Nc2ncnc(OCC3C4CCC3CN(C(=O)OC(C)(C)C)C4)c2C)c(Cl)c1. The number of nitrogens with one attached hydrogen (secondary N) is 1. The normalized spacial score (nSPS) is 21.6. The number of anilines is 2. The zero-order valence-corrected chi connectivity index (χ0v) is 20.7. The van der Waals surface area contributed by atoms with Crippen LogP contribution in [0.3, 0.4) is 0 Å². The first-order valence-electron chi connectivity index (χ1n) is 11.5. The molecule has 0 radical (unpaired) electrons. The van der Waals surface area contributed by atoms with Gasteiger partial charge in [0.25, 0.3) is 0 Å². The zero-order valence-electron chi connectivity index (χ0n) is 20.0. The monoisotopic (exact) mass is 483 g/mol. The van der Waals surface area contributed by atoms with Crippen molar-refractivity contribution in [2.75, 3.05) is 25.0 Å². The Kier molecular flexibility index (Phi) is 6.85. The van der Waals surface area contributed by atoms with Crippen molar-refractivity contribution in [3.8, 4) is 5.88 Å². The Morgan fingerprint density at radius 1 is 1.26 bits per heavy atom. The van der Waals surface area contributed by atoms with Crippen LogP contribution in [0, 0.1) is 31.2 Å². The maximum atomic E-state index is 12.5. The summed E-state index contributed by atoms with van der Waals surface area (Å²) in [5, 5.41) is 3.66. The number of aromatic nitrogens is 2. The highest BCUT2D eigenvalue weighted by Gasteiger charge is 2.44. The van der Waals surface area contributed by atoms with Gasteiger partial charge in [0.15, 0.2) is 5.69 Å². The fourth-order valence-corrected chi connectivity index (χ4v) is 4.99. The van der Waals surface area contributed by atoms with Gasteiger partial charge >= 0.3 is 6.09 Å². The highest BCUT2D eigenvalue weighted by Crippen LogP contribution is 2.42. The molecule has 0 spiro atoms. The van der Waals surface area contributed by atoms with Crippen molar-refractivity contribution >= 4 is 34.9 Å². The molecule has 1 N–H and O–H groups in total. The summed E-state index contributed by atoms with van der Waals surface area (Å²) in [7, 11) is 0. The van der Waals surface area contributed by atoms with E-state index < -0.39 is 5.60 Å². The van der Waals surface area contributed by atoms with E-state index in [0.29, 0.717) is 65.5 Å². The van der Waals surface area contributed by atoms with Gasteiger partial charge in [-0.2, -0.15) is 0 Å². The van der Waals surface area contributed by atoms with Crippen molar-refractivity contribution in [2.45, 2.75) is 46.1 Å². The Hall–Kier alpha value is -3.05. The summed E-state index contributed by atoms with van der Waals surface area (Å²) in [5.74, 6) is 2.29. The molecule has 1 aliphatic carbocycles. The van der Waals surface area contributed by atoms with Gasteiger partial charge in [-0.25, -0.2) is 19.6 Å². The maximum absolute atomic E-state index is 12.5. The number of nitrogens with zero attached hydrogens (tertiary/aromatic N) is 4. The van der Waals surface area contributed by atoms with E-state index in [1.54, 1.807) is 18.2 Å². The van der Waals surface area contributed by atoms with Crippen LogP contribution in [-0.2, 0) is 4.74 Å². The van der Waals surface area contributed by atoms with Crippen molar-refractivity contribution < 1.29 is 14.3 Å². The van der Waals surface area contributed by atoms with E-state index in [2.05, 4.69) is 20.1 Å². The molecule has 34 heavy (non-hydrogen) atoms. The van der Waals surface area contributed by atoms with Gasteiger partial charge in [-0.05, 0) is 64.5 Å². The molecule has 1 aliphatic heterocycles. The molecule has 180 valence electrons. The van der Waals surface area contributed by atoms with Gasteiger partial charge in [-0.15, -0.1) is 0 Å². The predicted molar refractivity (Wildman–Crippen MR) is 131 cm³/mol. The van der Waals surface area contributed by atoms with E-state index in [1.165, 1.54) is 6.33 Å². The van der Waals surface area contributed by atoms with Gasteiger partial charge in [-0.3, -0.25) is 0 Å². The average molecular weight is 484 g/mol. The lowest BCUT2D eigenvalue weighted by molar-refractivity contribution is 0.00314. The highest BCUT2D eigenvalue weighted by atomic mass is 35.5. The van der Waals surface area contributed by atoms with Crippen LogP contribution in [0.1, 0.15) is 39.2 Å². The number of hydrogen-bond donors (Lipinski definition) is 1. The molecule has 2 aromatic rings. The lowest BCUT2D eigenvalue weighted by atomic mass is 9.86. The first kappa shape index (κ1) is 24.1. The second-order valence-electron chi connectivity index (χ2n) is 10.0. The third kappa shape index (κ3) is 5.36. The number of benzene rings is 1. The molecule has 2 atom stereocenters. The summed E-state index contributed by atoms with van der Waals surface area (Å²) in [6, 6.07) is 5.08. The molecule has 2 bridgehead atoms. The number of carbonyl (C=O) groups is 1. The predicted octanol–water partition coefficient (Wildman–Crippen LogP) is 6.00. The van der Waals surface area contributed by atoms with E-state index in [0.717, 1.165) is 18.4 Å². The largest absolute Gasteiger partial charge is 0.477 e. The average Bonchev–Trinajstić information content (AvgIpc) is 3.00. The number of halogens is 1. The van der Waals surface area contributed by atoms with Gasteiger partial charge in [0.1, 0.15) is 17.7 Å². The fraction of sp³-hybridized carbons (Fsp3) is 0.520. The summed E-state index contributed by atoms with van der Waals surface area (Å²) < 4.78 is 11.8. The minimum absolute atomic E-state index is 0.228. The lowest BCUT2D eigenvalue weighted by Crippen LogP contribution is -2.48. The number of rotatable bonds is 5. The highest BCUT2D eigenvalue weighted by molar-refractivity contribution is 6.33. The van der Waals surface area contributed by atoms with Crippen molar-refractivity contribution in [2.24, 2.45) is 17.8 Å². The van der Waals surface area contributed by atoms with Gasteiger partial charge < -0.3 is 19.7 Å². The second kappa shape index (κ2) is 9.67. The third-order valence-corrected chi connectivity index (χ3v) is 6.78. The topological polar surface area (TPSA) is 80.9 Å². The fourth-order valence-electron chi connectivity index (χ4n) is 4.77. The molecule has 9 heteroatoms. The molecular weight excluding hydrogens is 454 g/mol. The minimum Gasteiger partial charge on any atom is -0.477 e. The molecule has 8 nitrogen and oxygen atoms in total. The summed E-state index contributed by atoms with van der Waals surface area (Å²) in [6.45, 7) is 16.6. The number of amides is 1. The third-order valence-electron chi connectivity index (χ3n) is 6.47. The van der Waals surface area contributed by atoms with Crippen LogP contribution < -0.4 is 10.1 Å². The van der Waals surface area contributed by atoms with E-state index in [4.69, 9.17) is 27.6 Å². The van der Waals surface area contributed by atoms with Crippen LogP contribution in [0.4, 0.5) is 22.0 Å². The molecule has 1 aromatic heterocycles. The number of carbonyl (C=O) groups excluding carboxylic acids is 1. The molecule has 2 aliphatic rings. The first-order valence-corrected chi connectivity index (χ1v) is 11.9.